The Kier molecular flexibility index (Phi) is 7.92. The van der Waals surface area contributed by atoms with Crippen LogP contribution in [0.25, 0.3) is 82.4 Å². The van der Waals surface area contributed by atoms with Gasteiger partial charge in [0.05, 0.1) is 11.0 Å². The van der Waals surface area contributed by atoms with Gasteiger partial charge in [-0.25, -0.2) is 0 Å². The highest BCUT2D eigenvalue weighted by atomic mass is 15.1. The van der Waals surface area contributed by atoms with E-state index in [2.05, 4.69) is 242 Å². The van der Waals surface area contributed by atoms with E-state index in [4.69, 9.17) is 0 Å². The van der Waals surface area contributed by atoms with Gasteiger partial charge in [0.1, 0.15) is 0 Å². The van der Waals surface area contributed by atoms with Crippen LogP contribution in [0.4, 0.5) is 17.1 Å². The van der Waals surface area contributed by atoms with Crippen LogP contribution in [0, 0.1) is 0 Å². The smallest absolute Gasteiger partial charge is 0.0541 e. The monoisotopic (exact) mass is 778 g/mol. The second kappa shape index (κ2) is 13.7. The highest BCUT2D eigenvalue weighted by molar-refractivity contribution is 6.09. The molecule has 0 saturated heterocycles. The van der Waals surface area contributed by atoms with Gasteiger partial charge >= 0.3 is 0 Å². The normalized spacial score (nSPS) is 12.9. The number of hydrogen-bond donors (Lipinski definition) is 0. The molecule has 0 unspecified atom stereocenters. The Morgan fingerprint density at radius 2 is 0.836 bits per heavy atom. The van der Waals surface area contributed by atoms with Crippen molar-refractivity contribution in [3.8, 4) is 39.1 Å². The molecule has 0 atom stereocenters. The first-order valence-electron chi connectivity index (χ1n) is 21.2. The van der Waals surface area contributed by atoms with Crippen molar-refractivity contribution in [1.82, 2.24) is 4.57 Å². The lowest BCUT2D eigenvalue weighted by Crippen LogP contribution is -2.17. The fourth-order valence-electron chi connectivity index (χ4n) is 10.0. The molecule has 2 nitrogen and oxygen atoms in total. The molecule has 1 aliphatic carbocycles. The predicted molar refractivity (Wildman–Crippen MR) is 259 cm³/mol. The number of fused-ring (bicyclic) bond motifs is 8. The standard InChI is InChI=1S/C59H42N2/c1-59(2)55-37-49(30-32-51(55)52-33-31-50(38-56(52)59)61-57-20-9-7-18-53(57)54-19-8-10-21-58(54)61)60(47-28-26-41(27-29-47)45-24-22-39-12-3-5-14-42(39)34-45)48-17-11-16-44(36-48)46-25-23-40-13-4-6-15-43(40)35-46/h3-38H,1-2H3. The second-order valence-corrected chi connectivity index (χ2v) is 17.0. The number of aromatic nitrogens is 1. The molecule has 0 radical (unpaired) electrons. The van der Waals surface area contributed by atoms with Crippen LogP contribution in [0.5, 0.6) is 0 Å². The second-order valence-electron chi connectivity index (χ2n) is 17.0. The Labute approximate surface area is 356 Å². The quantitative estimate of drug-likeness (QED) is 0.163. The third-order valence-corrected chi connectivity index (χ3v) is 13.1. The minimum absolute atomic E-state index is 0.228. The van der Waals surface area contributed by atoms with E-state index in [0.717, 1.165) is 17.1 Å². The van der Waals surface area contributed by atoms with E-state index in [0.29, 0.717) is 0 Å². The minimum atomic E-state index is -0.228. The summed E-state index contributed by atoms with van der Waals surface area (Å²) in [4.78, 5) is 2.43. The molecule has 1 aromatic heterocycles. The van der Waals surface area contributed by atoms with Gasteiger partial charge in [-0.1, -0.05) is 159 Å². The van der Waals surface area contributed by atoms with Crippen LogP contribution in [-0.4, -0.2) is 4.57 Å². The molecule has 1 aliphatic rings. The highest BCUT2D eigenvalue weighted by Crippen LogP contribution is 2.52. The summed E-state index contributed by atoms with van der Waals surface area (Å²) in [6, 6.07) is 80.5. The lowest BCUT2D eigenvalue weighted by molar-refractivity contribution is 0.660. The highest BCUT2D eigenvalue weighted by Gasteiger charge is 2.36. The molecular formula is C59H42N2. The van der Waals surface area contributed by atoms with Gasteiger partial charge in [-0.3, -0.25) is 0 Å². The Morgan fingerprint density at radius 1 is 0.344 bits per heavy atom. The largest absolute Gasteiger partial charge is 0.310 e. The van der Waals surface area contributed by atoms with Gasteiger partial charge in [-0.05, 0) is 139 Å². The minimum Gasteiger partial charge on any atom is -0.310 e. The number of hydrogen-bond acceptors (Lipinski definition) is 1. The van der Waals surface area contributed by atoms with Crippen molar-refractivity contribution in [2.75, 3.05) is 4.90 Å². The van der Waals surface area contributed by atoms with E-state index in [1.54, 1.807) is 0 Å². The van der Waals surface area contributed by atoms with E-state index in [-0.39, 0.29) is 5.41 Å². The van der Waals surface area contributed by atoms with Crippen LogP contribution in [0.3, 0.4) is 0 Å². The summed E-state index contributed by atoms with van der Waals surface area (Å²) in [5, 5.41) is 7.56. The van der Waals surface area contributed by atoms with E-state index in [9.17, 15) is 0 Å². The molecule has 0 amide bonds. The molecule has 0 spiro atoms. The molecule has 0 fully saturated rings. The number of para-hydroxylation sites is 2. The molecule has 12 rings (SSSR count). The Morgan fingerprint density at radius 3 is 1.49 bits per heavy atom. The van der Waals surface area contributed by atoms with Crippen LogP contribution >= 0.6 is 0 Å². The Bertz CT molecular complexity index is 3460. The molecule has 2 heteroatoms. The maximum absolute atomic E-state index is 2.44. The molecule has 61 heavy (non-hydrogen) atoms. The van der Waals surface area contributed by atoms with E-state index in [1.807, 2.05) is 0 Å². The fourth-order valence-corrected chi connectivity index (χ4v) is 10.0. The van der Waals surface area contributed by atoms with Crippen molar-refractivity contribution >= 4 is 60.4 Å². The number of benzene rings is 10. The molecular weight excluding hydrogens is 737 g/mol. The summed E-state index contributed by atoms with van der Waals surface area (Å²) in [6.07, 6.45) is 0. The van der Waals surface area contributed by atoms with Crippen molar-refractivity contribution < 1.29 is 0 Å². The number of nitrogens with zero attached hydrogens (tertiary/aromatic N) is 2. The van der Waals surface area contributed by atoms with Gasteiger partial charge in [0, 0.05) is 38.9 Å². The van der Waals surface area contributed by atoms with Gasteiger partial charge < -0.3 is 9.47 Å². The zero-order chi connectivity index (χ0) is 40.7. The average Bonchev–Trinajstić information content (AvgIpc) is 3.77. The summed E-state index contributed by atoms with van der Waals surface area (Å²) in [5.41, 5.74) is 16.9. The van der Waals surface area contributed by atoms with Gasteiger partial charge in [0.15, 0.2) is 0 Å². The van der Waals surface area contributed by atoms with Crippen LogP contribution in [0.15, 0.2) is 218 Å². The SMILES string of the molecule is CC1(C)c2cc(N(c3ccc(-c4ccc5ccccc5c4)cc3)c3cccc(-c4ccc5ccccc5c4)c3)ccc2-c2ccc(-n3c4ccccc4c4ccccc43)cc21. The molecule has 10 aromatic carbocycles. The third kappa shape index (κ3) is 5.71. The molecule has 1 heterocycles. The lowest BCUT2D eigenvalue weighted by Gasteiger charge is -2.28. The van der Waals surface area contributed by atoms with Gasteiger partial charge in [-0.2, -0.15) is 0 Å². The summed E-state index contributed by atoms with van der Waals surface area (Å²) in [7, 11) is 0. The Balaban J connectivity index is 0.976. The topological polar surface area (TPSA) is 8.17 Å². The van der Waals surface area contributed by atoms with Gasteiger partial charge in [-0.15, -0.1) is 0 Å². The lowest BCUT2D eigenvalue weighted by atomic mass is 9.82. The summed E-state index contributed by atoms with van der Waals surface area (Å²) >= 11 is 0. The fraction of sp³-hybridized carbons (Fsp3) is 0.0508. The first-order chi connectivity index (χ1) is 30.0. The van der Waals surface area contributed by atoms with E-state index < -0.39 is 0 Å². The zero-order valence-electron chi connectivity index (χ0n) is 34.2. The van der Waals surface area contributed by atoms with Crippen molar-refractivity contribution in [3.05, 3.63) is 230 Å². The van der Waals surface area contributed by atoms with Gasteiger partial charge in [0.25, 0.3) is 0 Å². The maximum Gasteiger partial charge on any atom is 0.0541 e. The molecule has 0 bridgehead atoms. The first-order valence-corrected chi connectivity index (χ1v) is 21.2. The first kappa shape index (κ1) is 35.3. The summed E-state index contributed by atoms with van der Waals surface area (Å²) in [6.45, 7) is 4.78. The van der Waals surface area contributed by atoms with Crippen LogP contribution in [-0.2, 0) is 5.41 Å². The third-order valence-electron chi connectivity index (χ3n) is 13.1. The molecule has 0 aliphatic heterocycles. The average molecular weight is 779 g/mol. The predicted octanol–water partition coefficient (Wildman–Crippen LogP) is 16.2. The van der Waals surface area contributed by atoms with E-state index in [1.165, 1.54) is 93.5 Å². The van der Waals surface area contributed by atoms with Crippen molar-refractivity contribution in [2.24, 2.45) is 0 Å². The Hall–Kier alpha value is -7.68. The molecule has 11 aromatic rings. The van der Waals surface area contributed by atoms with Crippen molar-refractivity contribution in [2.45, 2.75) is 19.3 Å². The van der Waals surface area contributed by atoms with Crippen LogP contribution in [0.1, 0.15) is 25.0 Å². The van der Waals surface area contributed by atoms with Crippen LogP contribution in [0.2, 0.25) is 0 Å². The molecule has 0 N–H and O–H groups in total. The van der Waals surface area contributed by atoms with Crippen LogP contribution < -0.4 is 4.90 Å². The summed E-state index contributed by atoms with van der Waals surface area (Å²) in [5.74, 6) is 0. The number of rotatable bonds is 6. The zero-order valence-corrected chi connectivity index (χ0v) is 34.2. The number of anilines is 3. The van der Waals surface area contributed by atoms with Gasteiger partial charge in [0.2, 0.25) is 0 Å². The van der Waals surface area contributed by atoms with Crippen molar-refractivity contribution in [1.29, 1.82) is 0 Å². The molecule has 0 saturated carbocycles. The molecule has 288 valence electrons. The van der Waals surface area contributed by atoms with Crippen molar-refractivity contribution in [3.63, 3.8) is 0 Å². The summed E-state index contributed by atoms with van der Waals surface area (Å²) < 4.78 is 2.43. The maximum atomic E-state index is 2.44. The van der Waals surface area contributed by atoms with E-state index >= 15 is 0 Å².